The molecular formula is C17H16ClFO2. The minimum Gasteiger partial charge on any atom is -0.390 e. The first-order valence-corrected chi connectivity index (χ1v) is 7.34. The highest BCUT2D eigenvalue weighted by atomic mass is 35.5. The summed E-state index contributed by atoms with van der Waals surface area (Å²) in [6, 6.07) is 12.4. The molecule has 2 atom stereocenters. The molecule has 0 fully saturated rings. The summed E-state index contributed by atoms with van der Waals surface area (Å²) < 4.78 is 19.5. The van der Waals surface area contributed by atoms with Crippen LogP contribution in [0.3, 0.4) is 0 Å². The molecule has 1 aliphatic heterocycles. The van der Waals surface area contributed by atoms with Gasteiger partial charge in [-0.25, -0.2) is 4.39 Å². The zero-order chi connectivity index (χ0) is 14.8. The van der Waals surface area contributed by atoms with Crippen LogP contribution in [0.25, 0.3) is 0 Å². The van der Waals surface area contributed by atoms with E-state index in [1.807, 2.05) is 24.3 Å². The van der Waals surface area contributed by atoms with Crippen LogP contribution >= 0.6 is 11.6 Å². The van der Waals surface area contributed by atoms with E-state index in [2.05, 4.69) is 0 Å². The van der Waals surface area contributed by atoms with Crippen LogP contribution in [0.1, 0.15) is 22.8 Å². The lowest BCUT2D eigenvalue weighted by atomic mass is 9.92. The molecule has 0 aromatic heterocycles. The molecule has 2 aromatic carbocycles. The monoisotopic (exact) mass is 306 g/mol. The van der Waals surface area contributed by atoms with Crippen molar-refractivity contribution in [1.29, 1.82) is 0 Å². The van der Waals surface area contributed by atoms with Gasteiger partial charge in [-0.1, -0.05) is 41.9 Å². The Bertz CT molecular complexity index is 644. The third-order valence-corrected chi connectivity index (χ3v) is 4.06. The van der Waals surface area contributed by atoms with Crippen LogP contribution in [0.5, 0.6) is 0 Å². The SMILES string of the molecule is OC(Cc1ccc(Cl)cc1F)C1OCCc2ccccc21. The summed E-state index contributed by atoms with van der Waals surface area (Å²) in [5.41, 5.74) is 2.62. The molecule has 0 saturated carbocycles. The van der Waals surface area contributed by atoms with Crippen molar-refractivity contribution < 1.29 is 14.2 Å². The fourth-order valence-corrected chi connectivity index (χ4v) is 2.92. The molecule has 1 aliphatic rings. The maximum atomic E-state index is 13.8. The van der Waals surface area contributed by atoms with Crippen molar-refractivity contribution >= 4 is 11.6 Å². The van der Waals surface area contributed by atoms with E-state index in [0.29, 0.717) is 17.2 Å². The number of hydrogen-bond donors (Lipinski definition) is 1. The largest absolute Gasteiger partial charge is 0.390 e. The Kier molecular flexibility index (Phi) is 4.24. The summed E-state index contributed by atoms with van der Waals surface area (Å²) in [4.78, 5) is 0. The van der Waals surface area contributed by atoms with E-state index in [9.17, 15) is 9.50 Å². The lowest BCUT2D eigenvalue weighted by molar-refractivity contribution is -0.0463. The highest BCUT2D eigenvalue weighted by molar-refractivity contribution is 6.30. The summed E-state index contributed by atoms with van der Waals surface area (Å²) in [5, 5.41) is 10.8. The standard InChI is InChI=1S/C17H16ClFO2/c18-13-6-5-12(15(19)10-13)9-16(20)17-14-4-2-1-3-11(14)7-8-21-17/h1-6,10,16-17,20H,7-9H2. The van der Waals surface area contributed by atoms with Gasteiger partial charge in [0.25, 0.3) is 0 Å². The van der Waals surface area contributed by atoms with E-state index in [1.165, 1.54) is 11.6 Å². The maximum Gasteiger partial charge on any atom is 0.127 e. The summed E-state index contributed by atoms with van der Waals surface area (Å²) in [6.07, 6.45) is -0.163. The normalized spacial score (nSPS) is 19.1. The summed E-state index contributed by atoms with van der Waals surface area (Å²) >= 11 is 5.74. The van der Waals surface area contributed by atoms with Crippen molar-refractivity contribution in [3.8, 4) is 0 Å². The molecule has 21 heavy (non-hydrogen) atoms. The third-order valence-electron chi connectivity index (χ3n) is 3.82. The van der Waals surface area contributed by atoms with Crippen molar-refractivity contribution in [3.05, 3.63) is 70.0 Å². The second-order valence-electron chi connectivity index (χ2n) is 5.25. The summed E-state index contributed by atoms with van der Waals surface area (Å²) in [5.74, 6) is -0.398. The van der Waals surface area contributed by atoms with Crippen LogP contribution in [0.15, 0.2) is 42.5 Å². The topological polar surface area (TPSA) is 29.5 Å². The van der Waals surface area contributed by atoms with Gasteiger partial charge in [0.2, 0.25) is 0 Å². The molecule has 110 valence electrons. The van der Waals surface area contributed by atoms with Crippen LogP contribution in [-0.2, 0) is 17.6 Å². The van der Waals surface area contributed by atoms with Gasteiger partial charge in [-0.15, -0.1) is 0 Å². The molecule has 0 spiro atoms. The molecule has 0 saturated heterocycles. The fraction of sp³-hybridized carbons (Fsp3) is 0.294. The third kappa shape index (κ3) is 3.10. The Morgan fingerprint density at radius 2 is 2.10 bits per heavy atom. The molecule has 0 amide bonds. The predicted molar refractivity (Wildman–Crippen MR) is 80.0 cm³/mol. The molecule has 2 unspecified atom stereocenters. The minimum atomic E-state index is -0.790. The Morgan fingerprint density at radius 1 is 1.29 bits per heavy atom. The Morgan fingerprint density at radius 3 is 2.90 bits per heavy atom. The molecule has 2 nitrogen and oxygen atoms in total. The molecule has 2 aromatic rings. The molecular weight excluding hydrogens is 291 g/mol. The van der Waals surface area contributed by atoms with Crippen LogP contribution in [0.4, 0.5) is 4.39 Å². The Balaban J connectivity index is 1.81. The van der Waals surface area contributed by atoms with Crippen LogP contribution in [0.2, 0.25) is 5.02 Å². The first-order chi connectivity index (χ1) is 10.1. The lowest BCUT2D eigenvalue weighted by Crippen LogP contribution is -2.28. The van der Waals surface area contributed by atoms with Crippen molar-refractivity contribution in [2.75, 3.05) is 6.61 Å². The number of hydrogen-bond acceptors (Lipinski definition) is 2. The number of fused-ring (bicyclic) bond motifs is 1. The number of aliphatic hydroxyl groups is 1. The Labute approximate surface area is 128 Å². The number of aliphatic hydroxyl groups excluding tert-OH is 1. The average Bonchev–Trinajstić information content (AvgIpc) is 2.49. The van der Waals surface area contributed by atoms with E-state index >= 15 is 0 Å². The van der Waals surface area contributed by atoms with E-state index in [-0.39, 0.29) is 6.42 Å². The van der Waals surface area contributed by atoms with E-state index in [4.69, 9.17) is 16.3 Å². The van der Waals surface area contributed by atoms with Gasteiger partial charge in [-0.2, -0.15) is 0 Å². The predicted octanol–water partition coefficient (Wildman–Crippen LogP) is 3.70. The van der Waals surface area contributed by atoms with E-state index in [0.717, 1.165) is 12.0 Å². The second-order valence-corrected chi connectivity index (χ2v) is 5.68. The highest BCUT2D eigenvalue weighted by Gasteiger charge is 2.28. The van der Waals surface area contributed by atoms with Crippen molar-refractivity contribution in [2.45, 2.75) is 25.0 Å². The zero-order valence-corrected chi connectivity index (χ0v) is 12.2. The first-order valence-electron chi connectivity index (χ1n) is 6.96. The molecule has 0 aliphatic carbocycles. The van der Waals surface area contributed by atoms with E-state index in [1.54, 1.807) is 12.1 Å². The molecule has 0 radical (unpaired) electrons. The van der Waals surface area contributed by atoms with Crippen molar-refractivity contribution in [1.82, 2.24) is 0 Å². The minimum absolute atomic E-state index is 0.196. The summed E-state index contributed by atoms with van der Waals surface area (Å²) in [7, 11) is 0. The second kappa shape index (κ2) is 6.14. The van der Waals surface area contributed by atoms with Gasteiger partial charge in [-0.05, 0) is 35.2 Å². The summed E-state index contributed by atoms with van der Waals surface area (Å²) in [6.45, 7) is 0.571. The molecule has 0 bridgehead atoms. The van der Waals surface area contributed by atoms with Gasteiger partial charge in [0, 0.05) is 11.4 Å². The molecule has 4 heteroatoms. The molecule has 1 heterocycles. The lowest BCUT2D eigenvalue weighted by Gasteiger charge is -2.29. The van der Waals surface area contributed by atoms with Crippen molar-refractivity contribution in [2.24, 2.45) is 0 Å². The smallest absolute Gasteiger partial charge is 0.127 e. The fourth-order valence-electron chi connectivity index (χ4n) is 2.76. The number of benzene rings is 2. The average molecular weight is 307 g/mol. The number of halogens is 2. The van der Waals surface area contributed by atoms with Crippen LogP contribution in [0, 0.1) is 5.82 Å². The van der Waals surface area contributed by atoms with Gasteiger partial charge >= 0.3 is 0 Å². The van der Waals surface area contributed by atoms with Crippen LogP contribution < -0.4 is 0 Å². The van der Waals surface area contributed by atoms with Gasteiger partial charge in [0.05, 0.1) is 12.7 Å². The molecule has 3 rings (SSSR count). The van der Waals surface area contributed by atoms with Gasteiger partial charge in [0.1, 0.15) is 11.9 Å². The quantitative estimate of drug-likeness (QED) is 0.937. The maximum absolute atomic E-state index is 13.8. The number of ether oxygens (including phenoxy) is 1. The zero-order valence-electron chi connectivity index (χ0n) is 11.4. The van der Waals surface area contributed by atoms with Gasteiger partial charge in [-0.3, -0.25) is 0 Å². The van der Waals surface area contributed by atoms with Crippen molar-refractivity contribution in [3.63, 3.8) is 0 Å². The molecule has 1 N–H and O–H groups in total. The van der Waals surface area contributed by atoms with Crippen LogP contribution in [-0.4, -0.2) is 17.8 Å². The first kappa shape index (κ1) is 14.5. The van der Waals surface area contributed by atoms with Gasteiger partial charge in [0.15, 0.2) is 0 Å². The Hall–Kier alpha value is -1.42. The van der Waals surface area contributed by atoms with Gasteiger partial charge < -0.3 is 9.84 Å². The highest BCUT2D eigenvalue weighted by Crippen LogP contribution is 2.31. The van der Waals surface area contributed by atoms with E-state index < -0.39 is 18.0 Å². The number of rotatable bonds is 3.